The van der Waals surface area contributed by atoms with Crippen molar-refractivity contribution >= 4 is 16.9 Å². The Morgan fingerprint density at radius 2 is 2.11 bits per heavy atom. The van der Waals surface area contributed by atoms with Crippen molar-refractivity contribution < 1.29 is 4.42 Å². The average molecular weight is 268 g/mol. The fourth-order valence-corrected chi connectivity index (χ4v) is 3.15. The molecule has 0 saturated carbocycles. The van der Waals surface area contributed by atoms with Crippen molar-refractivity contribution in [3.05, 3.63) is 64.6 Å². The van der Waals surface area contributed by atoms with Gasteiger partial charge >= 0.3 is 0 Å². The number of thiophene rings is 1. The van der Waals surface area contributed by atoms with Gasteiger partial charge in [-0.05, 0) is 35.6 Å². The first-order valence-electron chi connectivity index (χ1n) is 6.58. The van der Waals surface area contributed by atoms with Gasteiger partial charge in [0, 0.05) is 16.9 Å². The monoisotopic (exact) mass is 268 g/mol. The number of aryl methyl sites for hydroxylation is 1. The van der Waals surface area contributed by atoms with E-state index in [9.17, 15) is 0 Å². The van der Waals surface area contributed by atoms with Gasteiger partial charge in [0.25, 0.3) is 0 Å². The van der Waals surface area contributed by atoms with E-state index in [1.165, 1.54) is 16.0 Å². The van der Waals surface area contributed by atoms with E-state index in [4.69, 9.17) is 4.42 Å². The van der Waals surface area contributed by atoms with Crippen LogP contribution < -0.4 is 0 Å². The van der Waals surface area contributed by atoms with Crippen molar-refractivity contribution in [1.29, 1.82) is 0 Å². The average Bonchev–Trinajstić information content (AvgIpc) is 3.02. The van der Waals surface area contributed by atoms with Crippen molar-refractivity contribution in [2.24, 2.45) is 0 Å². The summed E-state index contributed by atoms with van der Waals surface area (Å²) in [6, 6.07) is 6.29. The third-order valence-electron chi connectivity index (χ3n) is 3.23. The largest absolute Gasteiger partial charge is 0.461 e. The standard InChI is InChI=1S/C17H16OS/c1-2-14-9-10-16(18-14)15-11-12-19-17(15)13-7-5-3-4-6-8-13/h3-7,9-12H,2,8H2,1H3. The number of rotatable bonds is 3. The minimum absolute atomic E-state index is 0.938. The number of hydrogen-bond acceptors (Lipinski definition) is 2. The van der Waals surface area contributed by atoms with Gasteiger partial charge in [-0.15, -0.1) is 11.3 Å². The lowest BCUT2D eigenvalue weighted by Gasteiger charge is -2.04. The van der Waals surface area contributed by atoms with Crippen LogP contribution in [0.25, 0.3) is 16.9 Å². The van der Waals surface area contributed by atoms with Crippen LogP contribution in [0.4, 0.5) is 0 Å². The van der Waals surface area contributed by atoms with Crippen molar-refractivity contribution in [3.8, 4) is 11.3 Å². The van der Waals surface area contributed by atoms with Crippen LogP contribution in [0.15, 0.2) is 58.4 Å². The second kappa shape index (κ2) is 5.45. The Balaban J connectivity index is 2.00. The number of hydrogen-bond donors (Lipinski definition) is 0. The first kappa shape index (κ1) is 12.2. The van der Waals surface area contributed by atoms with Crippen LogP contribution in [-0.2, 0) is 6.42 Å². The molecule has 2 aromatic rings. The molecule has 0 aromatic carbocycles. The van der Waals surface area contributed by atoms with Crippen LogP contribution in [0.5, 0.6) is 0 Å². The topological polar surface area (TPSA) is 13.1 Å². The molecule has 2 aromatic heterocycles. The summed E-state index contributed by atoms with van der Waals surface area (Å²) in [6.45, 7) is 2.11. The number of allylic oxidation sites excluding steroid dienone is 6. The van der Waals surface area contributed by atoms with E-state index in [0.29, 0.717) is 0 Å². The van der Waals surface area contributed by atoms with E-state index >= 15 is 0 Å². The van der Waals surface area contributed by atoms with Crippen LogP contribution in [0.2, 0.25) is 0 Å². The maximum Gasteiger partial charge on any atom is 0.135 e. The second-order valence-corrected chi connectivity index (χ2v) is 5.41. The van der Waals surface area contributed by atoms with Gasteiger partial charge in [-0.2, -0.15) is 0 Å². The predicted molar refractivity (Wildman–Crippen MR) is 82.3 cm³/mol. The molecule has 0 aliphatic heterocycles. The summed E-state index contributed by atoms with van der Waals surface area (Å²) in [5, 5.41) is 2.14. The molecule has 0 atom stereocenters. The molecule has 1 aliphatic carbocycles. The highest BCUT2D eigenvalue weighted by molar-refractivity contribution is 7.11. The summed E-state index contributed by atoms with van der Waals surface area (Å²) in [7, 11) is 0. The highest BCUT2D eigenvalue weighted by Crippen LogP contribution is 2.36. The fraction of sp³-hybridized carbons (Fsp3) is 0.176. The first-order chi connectivity index (χ1) is 9.38. The molecule has 1 nitrogen and oxygen atoms in total. The molecule has 0 spiro atoms. The van der Waals surface area contributed by atoms with E-state index in [1.807, 2.05) is 0 Å². The molecule has 19 heavy (non-hydrogen) atoms. The lowest BCUT2D eigenvalue weighted by Crippen LogP contribution is -1.82. The smallest absolute Gasteiger partial charge is 0.135 e. The van der Waals surface area contributed by atoms with Gasteiger partial charge in [0.15, 0.2) is 0 Å². The normalized spacial score (nSPS) is 14.5. The summed E-state index contributed by atoms with van der Waals surface area (Å²) in [5.74, 6) is 2.02. The van der Waals surface area contributed by atoms with Crippen LogP contribution >= 0.6 is 11.3 Å². The van der Waals surface area contributed by atoms with E-state index < -0.39 is 0 Å². The Morgan fingerprint density at radius 1 is 1.16 bits per heavy atom. The molecule has 2 heterocycles. The maximum atomic E-state index is 5.88. The Kier molecular flexibility index (Phi) is 3.51. The summed E-state index contributed by atoms with van der Waals surface area (Å²) in [4.78, 5) is 1.31. The Hall–Kier alpha value is -1.80. The lowest BCUT2D eigenvalue weighted by molar-refractivity contribution is 0.529. The van der Waals surface area contributed by atoms with Crippen molar-refractivity contribution in [2.45, 2.75) is 19.8 Å². The number of furan rings is 1. The van der Waals surface area contributed by atoms with Gasteiger partial charge in [0.2, 0.25) is 0 Å². The molecular formula is C17H16OS. The van der Waals surface area contributed by atoms with E-state index in [2.05, 4.69) is 60.9 Å². The quantitative estimate of drug-likeness (QED) is 0.719. The van der Waals surface area contributed by atoms with Gasteiger partial charge in [-0.1, -0.05) is 37.3 Å². The molecule has 3 rings (SSSR count). The second-order valence-electron chi connectivity index (χ2n) is 4.49. The fourth-order valence-electron chi connectivity index (χ4n) is 2.21. The summed E-state index contributed by atoms with van der Waals surface area (Å²) >= 11 is 1.78. The maximum absolute atomic E-state index is 5.88. The van der Waals surface area contributed by atoms with Gasteiger partial charge in [0.05, 0.1) is 0 Å². The summed E-state index contributed by atoms with van der Waals surface area (Å²) in [6.07, 6.45) is 12.6. The van der Waals surface area contributed by atoms with E-state index in [1.54, 1.807) is 11.3 Å². The zero-order valence-corrected chi connectivity index (χ0v) is 11.7. The predicted octanol–water partition coefficient (Wildman–Crippen LogP) is 5.47. The zero-order valence-electron chi connectivity index (χ0n) is 10.9. The summed E-state index contributed by atoms with van der Waals surface area (Å²) < 4.78 is 5.88. The molecule has 96 valence electrons. The molecule has 0 N–H and O–H groups in total. The molecule has 0 fully saturated rings. The SMILES string of the molecule is CCc1ccc(-c2ccsc2C2=CC=CC=CC2)o1. The Morgan fingerprint density at radius 3 is 2.95 bits per heavy atom. The third-order valence-corrected chi connectivity index (χ3v) is 4.22. The van der Waals surface area contributed by atoms with E-state index in [-0.39, 0.29) is 0 Å². The van der Waals surface area contributed by atoms with Crippen LogP contribution in [-0.4, -0.2) is 0 Å². The van der Waals surface area contributed by atoms with Crippen LogP contribution in [0.1, 0.15) is 24.0 Å². The molecule has 0 bridgehead atoms. The highest BCUT2D eigenvalue weighted by atomic mass is 32.1. The van der Waals surface area contributed by atoms with Gasteiger partial charge in [0.1, 0.15) is 11.5 Å². The molecule has 1 aliphatic rings. The molecule has 0 unspecified atom stereocenters. The van der Waals surface area contributed by atoms with Gasteiger partial charge < -0.3 is 4.42 Å². The van der Waals surface area contributed by atoms with Crippen molar-refractivity contribution in [2.75, 3.05) is 0 Å². The summed E-state index contributed by atoms with van der Waals surface area (Å²) in [5.41, 5.74) is 2.56. The molecule has 2 heteroatoms. The van der Waals surface area contributed by atoms with Crippen molar-refractivity contribution in [3.63, 3.8) is 0 Å². The Bertz CT molecular complexity index is 652. The minimum Gasteiger partial charge on any atom is -0.461 e. The van der Waals surface area contributed by atoms with Gasteiger partial charge in [-0.25, -0.2) is 0 Å². The molecule has 0 radical (unpaired) electrons. The zero-order chi connectivity index (χ0) is 13.1. The Labute approximate surface area is 117 Å². The molecule has 0 saturated heterocycles. The third kappa shape index (κ3) is 2.49. The highest BCUT2D eigenvalue weighted by Gasteiger charge is 2.13. The van der Waals surface area contributed by atoms with Crippen molar-refractivity contribution in [1.82, 2.24) is 0 Å². The molecular weight excluding hydrogens is 252 g/mol. The van der Waals surface area contributed by atoms with E-state index in [0.717, 1.165) is 24.4 Å². The minimum atomic E-state index is 0.938. The van der Waals surface area contributed by atoms with Crippen LogP contribution in [0, 0.1) is 0 Å². The lowest BCUT2D eigenvalue weighted by atomic mass is 10.1. The van der Waals surface area contributed by atoms with Gasteiger partial charge in [-0.3, -0.25) is 0 Å². The molecule has 0 amide bonds. The first-order valence-corrected chi connectivity index (χ1v) is 7.45. The van der Waals surface area contributed by atoms with Crippen LogP contribution in [0.3, 0.4) is 0 Å².